The molecule has 0 heterocycles. The Bertz CT molecular complexity index is 479. The van der Waals surface area contributed by atoms with Gasteiger partial charge in [0.15, 0.2) is 0 Å². The highest BCUT2D eigenvalue weighted by atomic mass is 16.3. The van der Waals surface area contributed by atoms with Crippen LogP contribution in [-0.2, 0) is 6.42 Å². The maximum Gasteiger partial charge on any atom is 0.0443 e. The fourth-order valence-electron chi connectivity index (χ4n) is 2.24. The van der Waals surface area contributed by atoms with E-state index in [9.17, 15) is 0 Å². The van der Waals surface area contributed by atoms with Crippen molar-refractivity contribution in [2.24, 2.45) is 0 Å². The van der Waals surface area contributed by atoms with Gasteiger partial charge in [0.25, 0.3) is 0 Å². The summed E-state index contributed by atoms with van der Waals surface area (Å²) in [7, 11) is 0. The first-order chi connectivity index (χ1) is 9.90. The molecule has 2 rings (SSSR count). The maximum atomic E-state index is 8.68. The van der Waals surface area contributed by atoms with Crippen molar-refractivity contribution in [2.75, 3.05) is 19.7 Å². The highest BCUT2D eigenvalue weighted by molar-refractivity contribution is 5.63. The molecule has 0 saturated heterocycles. The average Bonchev–Trinajstić information content (AvgIpc) is 2.52. The average molecular weight is 269 g/mol. The number of hydrogen-bond acceptors (Lipinski definition) is 2. The zero-order valence-electron chi connectivity index (χ0n) is 11.9. The summed E-state index contributed by atoms with van der Waals surface area (Å²) >= 11 is 0. The van der Waals surface area contributed by atoms with Crippen molar-refractivity contribution in [2.45, 2.75) is 19.3 Å². The predicted octanol–water partition coefficient (Wildman–Crippen LogP) is 3.26. The second-order valence-corrected chi connectivity index (χ2v) is 4.99. The van der Waals surface area contributed by atoms with Crippen LogP contribution in [0, 0.1) is 0 Å². The summed E-state index contributed by atoms with van der Waals surface area (Å²) in [6, 6.07) is 19.3. The van der Waals surface area contributed by atoms with Crippen molar-refractivity contribution in [3.63, 3.8) is 0 Å². The normalized spacial score (nSPS) is 10.7. The molecule has 2 aromatic rings. The number of aryl methyl sites for hydroxylation is 1. The minimum absolute atomic E-state index is 0.272. The van der Waals surface area contributed by atoms with Crippen molar-refractivity contribution in [3.05, 3.63) is 60.2 Å². The summed E-state index contributed by atoms with van der Waals surface area (Å²) in [6.45, 7) is 2.19. The van der Waals surface area contributed by atoms with Gasteiger partial charge in [0.1, 0.15) is 0 Å². The Morgan fingerprint density at radius 2 is 1.40 bits per heavy atom. The molecule has 2 aromatic carbocycles. The Morgan fingerprint density at radius 3 is 2.10 bits per heavy atom. The van der Waals surface area contributed by atoms with Crippen LogP contribution in [-0.4, -0.2) is 24.8 Å². The van der Waals surface area contributed by atoms with Crippen molar-refractivity contribution >= 4 is 0 Å². The van der Waals surface area contributed by atoms with Gasteiger partial charge in [-0.3, -0.25) is 0 Å². The van der Waals surface area contributed by atoms with Crippen molar-refractivity contribution in [3.8, 4) is 11.1 Å². The van der Waals surface area contributed by atoms with E-state index in [2.05, 4.69) is 53.8 Å². The third kappa shape index (κ3) is 4.80. The molecule has 20 heavy (non-hydrogen) atoms. The number of aliphatic hydroxyl groups is 1. The fraction of sp³-hybridized carbons (Fsp3) is 0.333. The number of benzene rings is 2. The van der Waals surface area contributed by atoms with Gasteiger partial charge in [-0.15, -0.1) is 0 Å². The Hall–Kier alpha value is -1.64. The molecule has 2 nitrogen and oxygen atoms in total. The van der Waals surface area contributed by atoms with E-state index in [-0.39, 0.29) is 6.61 Å². The van der Waals surface area contributed by atoms with Crippen LogP contribution in [0.15, 0.2) is 54.6 Å². The van der Waals surface area contributed by atoms with Gasteiger partial charge in [-0.25, -0.2) is 0 Å². The summed E-state index contributed by atoms with van der Waals surface area (Å²) < 4.78 is 0. The Kier molecular flexibility index (Phi) is 6.28. The van der Waals surface area contributed by atoms with Gasteiger partial charge in [0, 0.05) is 6.61 Å². The number of hydrogen-bond donors (Lipinski definition) is 2. The Labute approximate surface area is 121 Å². The van der Waals surface area contributed by atoms with Crippen LogP contribution in [0.25, 0.3) is 11.1 Å². The highest BCUT2D eigenvalue weighted by Gasteiger charge is 1.97. The minimum Gasteiger partial charge on any atom is -0.396 e. The molecule has 0 bridgehead atoms. The molecule has 2 N–H and O–H groups in total. The van der Waals surface area contributed by atoms with Crippen LogP contribution in [0.3, 0.4) is 0 Å². The fourth-order valence-corrected chi connectivity index (χ4v) is 2.24. The second-order valence-electron chi connectivity index (χ2n) is 4.99. The first-order valence-corrected chi connectivity index (χ1v) is 7.36. The first kappa shape index (κ1) is 14.8. The molecule has 0 aliphatic rings. The monoisotopic (exact) mass is 269 g/mol. The molecule has 0 fully saturated rings. The summed E-state index contributed by atoms with van der Waals surface area (Å²) in [5.41, 5.74) is 3.92. The lowest BCUT2D eigenvalue weighted by Gasteiger charge is -2.06. The number of nitrogens with one attached hydrogen (secondary N) is 1. The van der Waals surface area contributed by atoms with Gasteiger partial charge in [0.05, 0.1) is 0 Å². The molecule has 0 unspecified atom stereocenters. The molecule has 106 valence electrons. The molecule has 0 aliphatic carbocycles. The van der Waals surface area contributed by atoms with Crippen molar-refractivity contribution < 1.29 is 5.11 Å². The molecule has 0 aromatic heterocycles. The van der Waals surface area contributed by atoms with Crippen LogP contribution in [0.5, 0.6) is 0 Å². The van der Waals surface area contributed by atoms with Gasteiger partial charge in [-0.2, -0.15) is 0 Å². The lowest BCUT2D eigenvalue weighted by atomic mass is 10.0. The van der Waals surface area contributed by atoms with Crippen molar-refractivity contribution in [1.82, 2.24) is 5.32 Å². The van der Waals surface area contributed by atoms with E-state index in [4.69, 9.17) is 5.11 Å². The molecule has 0 aliphatic heterocycles. The van der Waals surface area contributed by atoms with E-state index in [1.54, 1.807) is 0 Å². The molecule has 0 amide bonds. The van der Waals surface area contributed by atoms with Crippen LogP contribution in [0.4, 0.5) is 0 Å². The van der Waals surface area contributed by atoms with E-state index in [0.717, 1.165) is 32.4 Å². The zero-order valence-corrected chi connectivity index (χ0v) is 11.9. The van der Waals surface area contributed by atoms with Crippen LogP contribution in [0.2, 0.25) is 0 Å². The molecule has 0 atom stereocenters. The quantitative estimate of drug-likeness (QED) is 0.721. The topological polar surface area (TPSA) is 32.3 Å². The summed E-state index contributed by atoms with van der Waals surface area (Å²) in [5, 5.41) is 12.0. The minimum atomic E-state index is 0.272. The van der Waals surface area contributed by atoms with Gasteiger partial charge in [0.2, 0.25) is 0 Å². The van der Waals surface area contributed by atoms with Gasteiger partial charge >= 0.3 is 0 Å². The molecular weight excluding hydrogens is 246 g/mol. The smallest absolute Gasteiger partial charge is 0.0443 e. The summed E-state index contributed by atoms with van der Waals surface area (Å²) in [4.78, 5) is 0. The molecule has 0 radical (unpaired) electrons. The summed E-state index contributed by atoms with van der Waals surface area (Å²) in [5.74, 6) is 0. The lowest BCUT2D eigenvalue weighted by molar-refractivity contribution is 0.286. The van der Waals surface area contributed by atoms with Gasteiger partial charge in [-0.1, -0.05) is 54.6 Å². The van der Waals surface area contributed by atoms with Gasteiger partial charge < -0.3 is 10.4 Å². The lowest BCUT2D eigenvalue weighted by Crippen LogP contribution is -2.18. The SMILES string of the molecule is OCCCNCCCc1ccc(-c2ccccc2)cc1. The summed E-state index contributed by atoms with van der Waals surface area (Å²) in [6.07, 6.45) is 3.07. The van der Waals surface area contributed by atoms with E-state index in [1.165, 1.54) is 16.7 Å². The van der Waals surface area contributed by atoms with Crippen molar-refractivity contribution in [1.29, 1.82) is 0 Å². The Morgan fingerprint density at radius 1 is 0.750 bits per heavy atom. The van der Waals surface area contributed by atoms with Gasteiger partial charge in [-0.05, 0) is 49.0 Å². The zero-order chi connectivity index (χ0) is 14.0. The third-order valence-electron chi connectivity index (χ3n) is 3.39. The standard InChI is InChI=1S/C18H23NO/c20-15-5-14-19-13-4-6-16-9-11-18(12-10-16)17-7-2-1-3-8-17/h1-3,7-12,19-20H,4-6,13-15H2. The molecule has 0 saturated carbocycles. The third-order valence-corrected chi connectivity index (χ3v) is 3.39. The molecule has 2 heteroatoms. The predicted molar refractivity (Wildman–Crippen MR) is 84.8 cm³/mol. The number of aliphatic hydroxyl groups excluding tert-OH is 1. The highest BCUT2D eigenvalue weighted by Crippen LogP contribution is 2.19. The maximum absolute atomic E-state index is 8.68. The van der Waals surface area contributed by atoms with Crippen LogP contribution >= 0.6 is 0 Å². The second kappa shape index (κ2) is 8.51. The number of rotatable bonds is 8. The molecule has 0 spiro atoms. The largest absolute Gasteiger partial charge is 0.396 e. The molecular formula is C18H23NO. The van der Waals surface area contributed by atoms with E-state index in [1.807, 2.05) is 6.07 Å². The van der Waals surface area contributed by atoms with Crippen LogP contribution < -0.4 is 5.32 Å². The van der Waals surface area contributed by atoms with Crippen LogP contribution in [0.1, 0.15) is 18.4 Å². The van der Waals surface area contributed by atoms with E-state index < -0.39 is 0 Å². The van der Waals surface area contributed by atoms with E-state index in [0.29, 0.717) is 0 Å². The van der Waals surface area contributed by atoms with E-state index >= 15 is 0 Å². The first-order valence-electron chi connectivity index (χ1n) is 7.36. The Balaban J connectivity index is 1.77.